The van der Waals surface area contributed by atoms with Gasteiger partial charge in [-0.15, -0.1) is 0 Å². The summed E-state index contributed by atoms with van der Waals surface area (Å²) in [6.07, 6.45) is 0.936. The largest absolute Gasteiger partial charge is 0.351 e. The second-order valence-electron chi connectivity index (χ2n) is 3.84. The Labute approximate surface area is 99.6 Å². The maximum atomic E-state index is 11.8. The Morgan fingerprint density at radius 2 is 2.24 bits per heavy atom. The highest BCUT2D eigenvalue weighted by Crippen LogP contribution is 2.13. The number of anilines is 1. The van der Waals surface area contributed by atoms with Gasteiger partial charge in [-0.3, -0.25) is 4.79 Å². The topological polar surface area (TPSA) is 55.1 Å². The molecular weight excluding hydrogens is 216 g/mol. The fourth-order valence-corrected chi connectivity index (χ4v) is 1.53. The van der Waals surface area contributed by atoms with Gasteiger partial charge in [0.15, 0.2) is 0 Å². The summed E-state index contributed by atoms with van der Waals surface area (Å²) in [6.45, 7) is 3.85. The molecule has 0 saturated carbocycles. The summed E-state index contributed by atoms with van der Waals surface area (Å²) >= 11 is 0. The monoisotopic (exact) mass is 230 g/mol. The summed E-state index contributed by atoms with van der Waals surface area (Å²) in [5, 5.41) is 6.45. The molecule has 2 rings (SSSR count). The van der Waals surface area contributed by atoms with Gasteiger partial charge in [-0.25, -0.2) is 0 Å². The van der Waals surface area contributed by atoms with Gasteiger partial charge >= 0.3 is 0 Å². The van der Waals surface area contributed by atoms with Crippen LogP contribution in [0.3, 0.4) is 0 Å². The summed E-state index contributed by atoms with van der Waals surface area (Å²) < 4.78 is 4.89. The van der Waals surface area contributed by atoms with Crippen LogP contribution in [-0.4, -0.2) is 11.1 Å². The van der Waals surface area contributed by atoms with Crippen LogP contribution in [0.5, 0.6) is 0 Å². The van der Waals surface area contributed by atoms with E-state index in [2.05, 4.69) is 17.4 Å². The van der Waals surface area contributed by atoms with E-state index in [1.807, 2.05) is 24.3 Å². The standard InChI is InChI=1S/C13H14N2O2/c1-3-10-5-4-6-11(8-10)14-13(16)12-7-9(2)15-17-12/h4-8H,3H2,1-2H3,(H,14,16). The van der Waals surface area contributed by atoms with Gasteiger partial charge < -0.3 is 9.84 Å². The first-order valence-corrected chi connectivity index (χ1v) is 5.52. The lowest BCUT2D eigenvalue weighted by molar-refractivity contribution is 0.0988. The number of aryl methyl sites for hydroxylation is 2. The zero-order chi connectivity index (χ0) is 12.3. The van der Waals surface area contributed by atoms with E-state index < -0.39 is 0 Å². The molecule has 0 aliphatic carbocycles. The van der Waals surface area contributed by atoms with Crippen molar-refractivity contribution in [2.45, 2.75) is 20.3 Å². The lowest BCUT2D eigenvalue weighted by atomic mass is 10.1. The quantitative estimate of drug-likeness (QED) is 0.882. The van der Waals surface area contributed by atoms with Crippen LogP contribution in [0.25, 0.3) is 0 Å². The molecule has 1 N–H and O–H groups in total. The van der Waals surface area contributed by atoms with Crippen molar-refractivity contribution < 1.29 is 9.32 Å². The molecule has 0 aliphatic rings. The van der Waals surface area contributed by atoms with Gasteiger partial charge in [0.05, 0.1) is 5.69 Å². The lowest BCUT2D eigenvalue weighted by Crippen LogP contribution is -2.10. The van der Waals surface area contributed by atoms with E-state index in [1.165, 1.54) is 5.56 Å². The minimum absolute atomic E-state index is 0.226. The molecule has 1 aromatic heterocycles. The number of hydrogen-bond donors (Lipinski definition) is 1. The number of benzene rings is 1. The molecule has 0 atom stereocenters. The van der Waals surface area contributed by atoms with Crippen molar-refractivity contribution in [2.24, 2.45) is 0 Å². The van der Waals surface area contributed by atoms with Crippen molar-refractivity contribution >= 4 is 11.6 Å². The number of nitrogens with zero attached hydrogens (tertiary/aromatic N) is 1. The van der Waals surface area contributed by atoms with E-state index in [0.29, 0.717) is 5.69 Å². The lowest BCUT2D eigenvalue weighted by Gasteiger charge is -2.04. The second-order valence-corrected chi connectivity index (χ2v) is 3.84. The molecule has 0 fully saturated rings. The first-order valence-electron chi connectivity index (χ1n) is 5.52. The SMILES string of the molecule is CCc1cccc(NC(=O)c2cc(C)no2)c1. The molecule has 1 amide bonds. The van der Waals surface area contributed by atoms with Gasteiger partial charge in [0, 0.05) is 11.8 Å². The van der Waals surface area contributed by atoms with Crippen LogP contribution in [0.15, 0.2) is 34.9 Å². The Morgan fingerprint density at radius 1 is 1.41 bits per heavy atom. The third-order valence-electron chi connectivity index (χ3n) is 2.44. The van der Waals surface area contributed by atoms with Gasteiger partial charge in [0.1, 0.15) is 0 Å². The molecule has 88 valence electrons. The molecule has 4 heteroatoms. The zero-order valence-corrected chi connectivity index (χ0v) is 9.86. The van der Waals surface area contributed by atoms with Gasteiger partial charge in [0.2, 0.25) is 5.76 Å². The van der Waals surface area contributed by atoms with Crippen molar-refractivity contribution in [2.75, 3.05) is 5.32 Å². The maximum absolute atomic E-state index is 11.8. The Bertz CT molecular complexity index is 532. The van der Waals surface area contributed by atoms with Gasteiger partial charge in [-0.05, 0) is 31.0 Å². The average Bonchev–Trinajstić information content (AvgIpc) is 2.76. The van der Waals surface area contributed by atoms with Crippen molar-refractivity contribution in [1.29, 1.82) is 0 Å². The summed E-state index contributed by atoms with van der Waals surface area (Å²) in [5.41, 5.74) is 2.64. The molecule has 17 heavy (non-hydrogen) atoms. The van der Waals surface area contributed by atoms with Crippen molar-refractivity contribution in [3.8, 4) is 0 Å². The van der Waals surface area contributed by atoms with Crippen LogP contribution < -0.4 is 5.32 Å². The Kier molecular flexibility index (Phi) is 3.23. The molecule has 0 radical (unpaired) electrons. The van der Waals surface area contributed by atoms with E-state index in [9.17, 15) is 4.79 Å². The van der Waals surface area contributed by atoms with Gasteiger partial charge in [-0.1, -0.05) is 24.2 Å². The third-order valence-corrected chi connectivity index (χ3v) is 2.44. The van der Waals surface area contributed by atoms with E-state index >= 15 is 0 Å². The summed E-state index contributed by atoms with van der Waals surface area (Å²) in [5.74, 6) is -0.0525. The first kappa shape index (κ1) is 11.4. The van der Waals surface area contributed by atoms with Gasteiger partial charge in [-0.2, -0.15) is 0 Å². The average molecular weight is 230 g/mol. The number of carbonyl (C=O) groups excluding carboxylic acids is 1. The summed E-state index contributed by atoms with van der Waals surface area (Å²) in [7, 11) is 0. The number of rotatable bonds is 3. The minimum atomic E-state index is -0.279. The molecular formula is C13H14N2O2. The fourth-order valence-electron chi connectivity index (χ4n) is 1.53. The Hall–Kier alpha value is -2.10. The first-order chi connectivity index (χ1) is 8.19. The number of carbonyl (C=O) groups is 1. The summed E-state index contributed by atoms with van der Waals surface area (Å²) in [6, 6.07) is 9.34. The van der Waals surface area contributed by atoms with Crippen LogP contribution in [0.4, 0.5) is 5.69 Å². The normalized spacial score (nSPS) is 10.2. The molecule has 0 spiro atoms. The Balaban J connectivity index is 2.12. The molecule has 0 saturated heterocycles. The molecule has 0 aliphatic heterocycles. The van der Waals surface area contributed by atoms with Crippen LogP contribution in [-0.2, 0) is 6.42 Å². The highest BCUT2D eigenvalue weighted by molar-refractivity contribution is 6.02. The molecule has 4 nitrogen and oxygen atoms in total. The van der Waals surface area contributed by atoms with Crippen LogP contribution >= 0.6 is 0 Å². The van der Waals surface area contributed by atoms with Crippen LogP contribution in [0.1, 0.15) is 28.7 Å². The van der Waals surface area contributed by atoms with Gasteiger partial charge in [0.25, 0.3) is 5.91 Å². The molecule has 1 heterocycles. The number of amides is 1. The second kappa shape index (κ2) is 4.82. The highest BCUT2D eigenvalue weighted by Gasteiger charge is 2.11. The fraction of sp³-hybridized carbons (Fsp3) is 0.231. The number of hydrogen-bond acceptors (Lipinski definition) is 3. The smallest absolute Gasteiger partial charge is 0.294 e. The third kappa shape index (κ3) is 2.72. The van der Waals surface area contributed by atoms with Crippen molar-refractivity contribution in [1.82, 2.24) is 5.16 Å². The Morgan fingerprint density at radius 3 is 2.88 bits per heavy atom. The number of nitrogens with one attached hydrogen (secondary N) is 1. The minimum Gasteiger partial charge on any atom is -0.351 e. The van der Waals surface area contributed by atoms with E-state index in [1.54, 1.807) is 13.0 Å². The van der Waals surface area contributed by atoms with Crippen LogP contribution in [0.2, 0.25) is 0 Å². The molecule has 2 aromatic rings. The molecule has 0 unspecified atom stereocenters. The van der Waals surface area contributed by atoms with Crippen LogP contribution in [0, 0.1) is 6.92 Å². The van der Waals surface area contributed by atoms with Crippen molar-refractivity contribution in [3.63, 3.8) is 0 Å². The maximum Gasteiger partial charge on any atom is 0.294 e. The zero-order valence-electron chi connectivity index (χ0n) is 9.86. The predicted octanol–water partition coefficient (Wildman–Crippen LogP) is 2.80. The molecule has 0 bridgehead atoms. The van der Waals surface area contributed by atoms with Crippen molar-refractivity contribution in [3.05, 3.63) is 47.3 Å². The highest BCUT2D eigenvalue weighted by atomic mass is 16.5. The molecule has 1 aromatic carbocycles. The van der Waals surface area contributed by atoms with E-state index in [4.69, 9.17) is 4.52 Å². The number of aromatic nitrogens is 1. The van der Waals surface area contributed by atoms with E-state index in [-0.39, 0.29) is 11.7 Å². The predicted molar refractivity (Wildman–Crippen MR) is 65.0 cm³/mol. The van der Waals surface area contributed by atoms with E-state index in [0.717, 1.165) is 12.1 Å². The summed E-state index contributed by atoms with van der Waals surface area (Å²) in [4.78, 5) is 11.8.